The quantitative estimate of drug-likeness (QED) is 0.803. The highest BCUT2D eigenvalue weighted by molar-refractivity contribution is 5.21. The van der Waals surface area contributed by atoms with Gasteiger partial charge in [-0.25, -0.2) is 4.39 Å². The minimum absolute atomic E-state index is 0.0462. The van der Waals surface area contributed by atoms with Crippen LogP contribution in [0.1, 0.15) is 44.1 Å². The third kappa shape index (κ3) is 3.95. The lowest BCUT2D eigenvalue weighted by molar-refractivity contribution is 0.592. The summed E-state index contributed by atoms with van der Waals surface area (Å²) in [6.07, 6.45) is 10.5. The topological polar surface area (TPSA) is 26.0 Å². The molecule has 0 aliphatic heterocycles. The van der Waals surface area contributed by atoms with E-state index in [1.807, 2.05) is 6.07 Å². The van der Waals surface area contributed by atoms with Crippen molar-refractivity contribution in [2.24, 2.45) is 5.73 Å². The Bertz CT molecular complexity index is 411. The molecular formula is C16H22FN. The molecule has 1 unspecified atom stereocenters. The van der Waals surface area contributed by atoms with Crippen molar-refractivity contribution in [2.75, 3.05) is 0 Å². The molecule has 2 N–H and O–H groups in total. The Balaban J connectivity index is 1.99. The lowest BCUT2D eigenvalue weighted by Crippen LogP contribution is -2.26. The van der Waals surface area contributed by atoms with Crippen LogP contribution in [0.25, 0.3) is 0 Å². The molecule has 18 heavy (non-hydrogen) atoms. The summed E-state index contributed by atoms with van der Waals surface area (Å²) in [6.45, 7) is 0. The summed E-state index contributed by atoms with van der Waals surface area (Å²) in [5.41, 5.74) is 8.61. The van der Waals surface area contributed by atoms with Crippen molar-refractivity contribution in [1.29, 1.82) is 0 Å². The van der Waals surface area contributed by atoms with Crippen molar-refractivity contribution in [3.8, 4) is 0 Å². The van der Waals surface area contributed by atoms with Crippen LogP contribution in [0.4, 0.5) is 4.39 Å². The van der Waals surface area contributed by atoms with Gasteiger partial charge >= 0.3 is 0 Å². The summed E-state index contributed by atoms with van der Waals surface area (Å²) in [6, 6.07) is 6.81. The van der Waals surface area contributed by atoms with Gasteiger partial charge in [0, 0.05) is 6.04 Å². The fourth-order valence-electron chi connectivity index (χ4n) is 2.60. The lowest BCUT2D eigenvalue weighted by Gasteiger charge is -2.18. The molecule has 0 fully saturated rings. The molecule has 0 saturated heterocycles. The smallest absolute Gasteiger partial charge is 0.123 e. The summed E-state index contributed by atoms with van der Waals surface area (Å²) in [5.74, 6) is -0.175. The summed E-state index contributed by atoms with van der Waals surface area (Å²) in [4.78, 5) is 0. The van der Waals surface area contributed by atoms with Crippen molar-refractivity contribution in [3.05, 3.63) is 47.3 Å². The first-order valence-corrected chi connectivity index (χ1v) is 6.94. The zero-order chi connectivity index (χ0) is 12.8. The molecule has 1 nitrogen and oxygen atoms in total. The molecule has 0 spiro atoms. The van der Waals surface area contributed by atoms with Crippen LogP contribution in [0.15, 0.2) is 35.9 Å². The van der Waals surface area contributed by atoms with Crippen molar-refractivity contribution in [3.63, 3.8) is 0 Å². The van der Waals surface area contributed by atoms with Crippen LogP contribution in [0.2, 0.25) is 0 Å². The Kier molecular flexibility index (Phi) is 4.94. The highest BCUT2D eigenvalue weighted by Gasteiger charge is 2.11. The Morgan fingerprint density at radius 2 is 2.00 bits per heavy atom. The van der Waals surface area contributed by atoms with Crippen molar-refractivity contribution >= 4 is 0 Å². The highest BCUT2D eigenvalue weighted by Crippen LogP contribution is 2.20. The first kappa shape index (κ1) is 13.3. The van der Waals surface area contributed by atoms with Gasteiger partial charge in [-0.15, -0.1) is 0 Å². The van der Waals surface area contributed by atoms with Crippen molar-refractivity contribution < 1.29 is 4.39 Å². The monoisotopic (exact) mass is 247 g/mol. The van der Waals surface area contributed by atoms with Gasteiger partial charge in [0.25, 0.3) is 0 Å². The second-order valence-electron chi connectivity index (χ2n) is 5.17. The number of rotatable bonds is 3. The minimum Gasteiger partial charge on any atom is -0.324 e. The molecule has 1 aromatic rings. The zero-order valence-corrected chi connectivity index (χ0v) is 10.9. The Hall–Kier alpha value is -1.15. The molecule has 2 rings (SSSR count). The SMILES string of the molecule is NC(Cc1cccc(F)c1)/C1=C/CCCCCC1. The summed E-state index contributed by atoms with van der Waals surface area (Å²) in [5, 5.41) is 0. The van der Waals surface area contributed by atoms with E-state index in [-0.39, 0.29) is 11.9 Å². The molecular weight excluding hydrogens is 225 g/mol. The van der Waals surface area contributed by atoms with Crippen LogP contribution in [0.5, 0.6) is 0 Å². The first-order valence-electron chi connectivity index (χ1n) is 6.94. The fraction of sp³-hybridized carbons (Fsp3) is 0.500. The second-order valence-corrected chi connectivity index (χ2v) is 5.17. The number of halogens is 1. The third-order valence-corrected chi connectivity index (χ3v) is 3.65. The number of hydrogen-bond donors (Lipinski definition) is 1. The standard InChI is InChI=1S/C16H22FN/c17-15-10-6-7-13(11-15)12-16(18)14-8-4-2-1-3-5-9-14/h6-8,10-11,16H,1-5,9,12,18H2/b14-8+. The first-order chi connectivity index (χ1) is 8.75. The maximum absolute atomic E-state index is 13.1. The van der Waals surface area contributed by atoms with Gasteiger partial charge in [0.05, 0.1) is 0 Å². The Morgan fingerprint density at radius 1 is 1.17 bits per heavy atom. The van der Waals surface area contributed by atoms with Crippen LogP contribution in [0, 0.1) is 5.82 Å². The molecule has 98 valence electrons. The van der Waals surface area contributed by atoms with Crippen LogP contribution in [-0.2, 0) is 6.42 Å². The van der Waals surface area contributed by atoms with Gasteiger partial charge in [0.15, 0.2) is 0 Å². The molecule has 2 heteroatoms. The summed E-state index contributed by atoms with van der Waals surface area (Å²) >= 11 is 0. The maximum atomic E-state index is 13.1. The van der Waals surface area contributed by atoms with E-state index in [1.54, 1.807) is 12.1 Å². The van der Waals surface area contributed by atoms with E-state index >= 15 is 0 Å². The summed E-state index contributed by atoms with van der Waals surface area (Å²) in [7, 11) is 0. The van der Waals surface area contributed by atoms with Gasteiger partial charge < -0.3 is 5.73 Å². The van der Waals surface area contributed by atoms with Gasteiger partial charge in [0.2, 0.25) is 0 Å². The summed E-state index contributed by atoms with van der Waals surface area (Å²) < 4.78 is 13.1. The predicted molar refractivity (Wildman–Crippen MR) is 73.9 cm³/mol. The van der Waals surface area contributed by atoms with E-state index < -0.39 is 0 Å². The van der Waals surface area contributed by atoms with Crippen LogP contribution >= 0.6 is 0 Å². The van der Waals surface area contributed by atoms with E-state index in [0.29, 0.717) is 0 Å². The Labute approximate surface area is 109 Å². The van der Waals surface area contributed by atoms with Crippen molar-refractivity contribution in [1.82, 2.24) is 0 Å². The molecule has 1 atom stereocenters. The maximum Gasteiger partial charge on any atom is 0.123 e. The van der Waals surface area contributed by atoms with Gasteiger partial charge in [-0.1, -0.05) is 36.6 Å². The van der Waals surface area contributed by atoms with Crippen LogP contribution < -0.4 is 5.73 Å². The molecule has 0 bridgehead atoms. The number of benzene rings is 1. The average Bonchev–Trinajstić information content (AvgIpc) is 2.28. The van der Waals surface area contributed by atoms with Crippen LogP contribution in [-0.4, -0.2) is 6.04 Å². The largest absolute Gasteiger partial charge is 0.324 e. The highest BCUT2D eigenvalue weighted by atomic mass is 19.1. The van der Waals surface area contributed by atoms with E-state index in [0.717, 1.165) is 24.8 Å². The zero-order valence-electron chi connectivity index (χ0n) is 10.9. The molecule has 0 heterocycles. The van der Waals surface area contributed by atoms with Gasteiger partial charge in [-0.05, 0) is 49.8 Å². The number of hydrogen-bond acceptors (Lipinski definition) is 1. The lowest BCUT2D eigenvalue weighted by atomic mass is 9.92. The molecule has 0 aromatic heterocycles. The normalized spacial score (nSPS) is 21.6. The fourth-order valence-corrected chi connectivity index (χ4v) is 2.60. The molecule has 0 amide bonds. The molecule has 0 saturated carbocycles. The second kappa shape index (κ2) is 6.69. The predicted octanol–water partition coefficient (Wildman–Crippen LogP) is 3.98. The van der Waals surface area contributed by atoms with E-state index in [1.165, 1.54) is 37.3 Å². The molecule has 1 aliphatic carbocycles. The number of nitrogens with two attached hydrogens (primary N) is 1. The third-order valence-electron chi connectivity index (χ3n) is 3.65. The van der Waals surface area contributed by atoms with Crippen LogP contribution in [0.3, 0.4) is 0 Å². The van der Waals surface area contributed by atoms with E-state index in [9.17, 15) is 4.39 Å². The van der Waals surface area contributed by atoms with E-state index in [4.69, 9.17) is 5.73 Å². The molecule has 1 aliphatic rings. The molecule has 0 radical (unpaired) electrons. The Morgan fingerprint density at radius 3 is 2.83 bits per heavy atom. The van der Waals surface area contributed by atoms with Gasteiger partial charge in [-0.3, -0.25) is 0 Å². The minimum atomic E-state index is -0.175. The van der Waals surface area contributed by atoms with Gasteiger partial charge in [-0.2, -0.15) is 0 Å². The number of allylic oxidation sites excluding steroid dienone is 1. The van der Waals surface area contributed by atoms with Crippen molar-refractivity contribution in [2.45, 2.75) is 51.0 Å². The van der Waals surface area contributed by atoms with E-state index in [2.05, 4.69) is 6.08 Å². The van der Waals surface area contributed by atoms with Gasteiger partial charge in [0.1, 0.15) is 5.82 Å². The average molecular weight is 247 g/mol. The molecule has 1 aromatic carbocycles.